The largest absolute Gasteiger partial charge is 0.379 e. The number of nitro groups is 1. The molecule has 7 nitrogen and oxygen atoms in total. The van der Waals surface area contributed by atoms with Crippen LogP contribution in [0.25, 0.3) is 0 Å². The van der Waals surface area contributed by atoms with Crippen LogP contribution in [0.1, 0.15) is 17.2 Å². The summed E-state index contributed by atoms with van der Waals surface area (Å²) in [5.41, 5.74) is 1.72. The van der Waals surface area contributed by atoms with Crippen molar-refractivity contribution in [1.29, 1.82) is 0 Å². The second kappa shape index (κ2) is 8.07. The zero-order chi connectivity index (χ0) is 18.5. The van der Waals surface area contributed by atoms with E-state index in [1.54, 1.807) is 19.1 Å². The van der Waals surface area contributed by atoms with Crippen LogP contribution in [0, 0.1) is 17.0 Å². The fourth-order valence-corrected chi connectivity index (χ4v) is 3.10. The molecule has 0 aliphatic carbocycles. The zero-order valence-electron chi connectivity index (χ0n) is 14.6. The topological polar surface area (TPSA) is 84.7 Å². The highest BCUT2D eigenvalue weighted by molar-refractivity contribution is 5.97. The molecule has 1 N–H and O–H groups in total. The van der Waals surface area contributed by atoms with Gasteiger partial charge in [-0.25, -0.2) is 0 Å². The number of nitro benzene ring substituents is 1. The van der Waals surface area contributed by atoms with Gasteiger partial charge in [0.05, 0.1) is 18.1 Å². The lowest BCUT2D eigenvalue weighted by atomic mass is 10.0. The molecule has 136 valence electrons. The predicted octanol–water partition coefficient (Wildman–Crippen LogP) is 2.92. The van der Waals surface area contributed by atoms with Crippen LogP contribution in [0.5, 0.6) is 0 Å². The molecular weight excluding hydrogens is 334 g/mol. The Balaban J connectivity index is 1.90. The average Bonchev–Trinajstić information content (AvgIpc) is 2.65. The lowest BCUT2D eigenvalue weighted by Crippen LogP contribution is -2.43. The minimum Gasteiger partial charge on any atom is -0.379 e. The fourth-order valence-electron chi connectivity index (χ4n) is 3.10. The van der Waals surface area contributed by atoms with Gasteiger partial charge in [0, 0.05) is 19.2 Å². The van der Waals surface area contributed by atoms with Gasteiger partial charge in [0.25, 0.3) is 5.69 Å². The molecule has 2 aromatic rings. The number of rotatable bonds is 5. The molecular formula is C19H21N3O4. The number of carbonyl (C=O) groups is 1. The minimum atomic E-state index is -0.527. The summed E-state index contributed by atoms with van der Waals surface area (Å²) in [6.45, 7) is 4.15. The first-order chi connectivity index (χ1) is 12.6. The van der Waals surface area contributed by atoms with Gasteiger partial charge in [0.1, 0.15) is 11.7 Å². The quantitative estimate of drug-likeness (QED) is 0.658. The molecule has 1 unspecified atom stereocenters. The minimum absolute atomic E-state index is 0.105. The van der Waals surface area contributed by atoms with E-state index in [9.17, 15) is 14.9 Å². The third-order valence-corrected chi connectivity index (χ3v) is 4.38. The van der Waals surface area contributed by atoms with Crippen LogP contribution in [-0.2, 0) is 9.53 Å². The number of nitrogens with one attached hydrogen (secondary N) is 1. The molecule has 0 saturated carbocycles. The maximum atomic E-state index is 13.1. The summed E-state index contributed by atoms with van der Waals surface area (Å²) in [6.07, 6.45) is 0. The second-order valence-corrected chi connectivity index (χ2v) is 6.23. The van der Waals surface area contributed by atoms with Crippen LogP contribution < -0.4 is 5.32 Å². The first-order valence-electron chi connectivity index (χ1n) is 8.49. The first-order valence-corrected chi connectivity index (χ1v) is 8.49. The van der Waals surface area contributed by atoms with Gasteiger partial charge < -0.3 is 10.1 Å². The molecule has 1 amide bonds. The lowest BCUT2D eigenvalue weighted by molar-refractivity contribution is -0.384. The maximum absolute atomic E-state index is 13.1. The molecule has 26 heavy (non-hydrogen) atoms. The molecule has 1 fully saturated rings. The number of morpholine rings is 1. The highest BCUT2D eigenvalue weighted by atomic mass is 16.6. The summed E-state index contributed by atoms with van der Waals surface area (Å²) in [5, 5.41) is 14.1. The Bertz CT molecular complexity index is 789. The number of benzene rings is 2. The van der Waals surface area contributed by atoms with E-state index in [-0.39, 0.29) is 17.3 Å². The molecule has 1 aliphatic rings. The van der Waals surface area contributed by atoms with Gasteiger partial charge in [-0.3, -0.25) is 19.8 Å². The molecule has 3 rings (SSSR count). The van der Waals surface area contributed by atoms with Gasteiger partial charge >= 0.3 is 0 Å². The van der Waals surface area contributed by atoms with Crippen molar-refractivity contribution < 1.29 is 14.5 Å². The van der Waals surface area contributed by atoms with Crippen molar-refractivity contribution in [3.8, 4) is 0 Å². The standard InChI is InChI=1S/C19H21N3O4/c1-14-7-8-16(17(13-14)22(24)25)20-19(23)18(15-5-3-2-4-6-15)21-9-11-26-12-10-21/h2-8,13,18H,9-12H2,1H3,(H,20,23). The van der Waals surface area contributed by atoms with Crippen molar-refractivity contribution in [1.82, 2.24) is 4.90 Å². The summed E-state index contributed by atoms with van der Waals surface area (Å²) in [4.78, 5) is 25.9. The van der Waals surface area contributed by atoms with Gasteiger partial charge in [0.2, 0.25) is 5.91 Å². The summed E-state index contributed by atoms with van der Waals surface area (Å²) >= 11 is 0. The molecule has 1 saturated heterocycles. The smallest absolute Gasteiger partial charge is 0.293 e. The van der Waals surface area contributed by atoms with Crippen molar-refractivity contribution >= 4 is 17.3 Å². The number of hydrogen-bond acceptors (Lipinski definition) is 5. The number of nitrogens with zero attached hydrogens (tertiary/aromatic N) is 2. The Morgan fingerprint density at radius 2 is 1.88 bits per heavy atom. The number of anilines is 1. The van der Waals surface area contributed by atoms with Crippen molar-refractivity contribution in [2.75, 3.05) is 31.6 Å². The van der Waals surface area contributed by atoms with Crippen molar-refractivity contribution in [2.45, 2.75) is 13.0 Å². The Morgan fingerprint density at radius 1 is 1.19 bits per heavy atom. The van der Waals surface area contributed by atoms with E-state index in [0.29, 0.717) is 26.3 Å². The monoisotopic (exact) mass is 355 g/mol. The van der Waals surface area contributed by atoms with Gasteiger partial charge in [-0.05, 0) is 24.1 Å². The number of ether oxygens (including phenoxy) is 1. The fraction of sp³-hybridized carbons (Fsp3) is 0.316. The second-order valence-electron chi connectivity index (χ2n) is 6.23. The van der Waals surface area contributed by atoms with Crippen molar-refractivity contribution in [3.63, 3.8) is 0 Å². The third-order valence-electron chi connectivity index (χ3n) is 4.38. The molecule has 1 aliphatic heterocycles. The molecule has 7 heteroatoms. The lowest BCUT2D eigenvalue weighted by Gasteiger charge is -2.33. The van der Waals surface area contributed by atoms with Gasteiger partial charge in [-0.1, -0.05) is 36.4 Å². The summed E-state index contributed by atoms with van der Waals surface area (Å²) in [7, 11) is 0. The normalized spacial score (nSPS) is 16.0. The van der Waals surface area contributed by atoms with Crippen molar-refractivity contribution in [3.05, 3.63) is 69.8 Å². The van der Waals surface area contributed by atoms with E-state index in [2.05, 4.69) is 5.32 Å². The summed E-state index contributed by atoms with van der Waals surface area (Å²) < 4.78 is 5.38. The van der Waals surface area contributed by atoms with Crippen LogP contribution in [0.2, 0.25) is 0 Å². The van der Waals surface area contributed by atoms with Crippen LogP contribution in [0.15, 0.2) is 48.5 Å². The van der Waals surface area contributed by atoms with Crippen LogP contribution in [0.4, 0.5) is 11.4 Å². The highest BCUT2D eigenvalue weighted by Crippen LogP contribution is 2.28. The Morgan fingerprint density at radius 3 is 2.54 bits per heavy atom. The van der Waals surface area contributed by atoms with Gasteiger partial charge in [-0.15, -0.1) is 0 Å². The molecule has 1 atom stereocenters. The van der Waals surface area contributed by atoms with Gasteiger partial charge in [-0.2, -0.15) is 0 Å². The molecule has 0 spiro atoms. The van der Waals surface area contributed by atoms with E-state index in [4.69, 9.17) is 4.74 Å². The molecule has 0 aromatic heterocycles. The van der Waals surface area contributed by atoms with Crippen LogP contribution in [0.3, 0.4) is 0 Å². The van der Waals surface area contributed by atoms with Gasteiger partial charge in [0.15, 0.2) is 0 Å². The van der Waals surface area contributed by atoms with Crippen molar-refractivity contribution in [2.24, 2.45) is 0 Å². The van der Waals surface area contributed by atoms with E-state index in [1.807, 2.05) is 35.2 Å². The summed E-state index contributed by atoms with van der Waals surface area (Å²) in [5.74, 6) is -0.287. The average molecular weight is 355 g/mol. The maximum Gasteiger partial charge on any atom is 0.293 e. The molecule has 2 aromatic carbocycles. The van der Waals surface area contributed by atoms with E-state index in [0.717, 1.165) is 11.1 Å². The van der Waals surface area contributed by atoms with Crippen LogP contribution in [-0.4, -0.2) is 42.0 Å². The zero-order valence-corrected chi connectivity index (χ0v) is 14.6. The number of aryl methyl sites for hydroxylation is 1. The number of carbonyl (C=O) groups excluding carboxylic acids is 1. The van der Waals surface area contributed by atoms with Crippen LogP contribution >= 0.6 is 0 Å². The predicted molar refractivity (Wildman–Crippen MR) is 98.0 cm³/mol. The number of hydrogen-bond donors (Lipinski definition) is 1. The third kappa shape index (κ3) is 4.07. The Labute approximate surface area is 151 Å². The Kier molecular flexibility index (Phi) is 5.60. The Hall–Kier alpha value is -2.77. The SMILES string of the molecule is Cc1ccc(NC(=O)C(c2ccccc2)N2CCOCC2)c([N+](=O)[O-])c1. The summed E-state index contributed by atoms with van der Waals surface area (Å²) in [6, 6.07) is 13.7. The first kappa shape index (κ1) is 18.0. The molecule has 0 radical (unpaired) electrons. The molecule has 0 bridgehead atoms. The highest BCUT2D eigenvalue weighted by Gasteiger charge is 2.30. The number of amides is 1. The molecule has 1 heterocycles. The van der Waals surface area contributed by atoms with E-state index >= 15 is 0 Å². The van der Waals surface area contributed by atoms with E-state index in [1.165, 1.54) is 6.07 Å². The van der Waals surface area contributed by atoms with E-state index < -0.39 is 11.0 Å².